The second kappa shape index (κ2) is 6.55. The topological polar surface area (TPSA) is 27.7 Å². The summed E-state index contributed by atoms with van der Waals surface area (Å²) < 4.78 is 16.4. The zero-order chi connectivity index (χ0) is 11.9. The van der Waals surface area contributed by atoms with Gasteiger partial charge in [-0.05, 0) is 18.6 Å². The van der Waals surface area contributed by atoms with E-state index < -0.39 is 0 Å². The lowest BCUT2D eigenvalue weighted by molar-refractivity contribution is -0.0382. The van der Waals surface area contributed by atoms with Crippen molar-refractivity contribution >= 4 is 6.08 Å². The Balaban J connectivity index is 1.79. The van der Waals surface area contributed by atoms with Crippen LogP contribution in [-0.2, 0) is 14.2 Å². The Labute approximate surface area is 102 Å². The molecule has 0 saturated carbocycles. The molecule has 2 rings (SSSR count). The van der Waals surface area contributed by atoms with Crippen molar-refractivity contribution in [3.63, 3.8) is 0 Å². The molecule has 0 unspecified atom stereocenters. The van der Waals surface area contributed by atoms with Crippen molar-refractivity contribution in [2.45, 2.75) is 19.3 Å². The maximum Gasteiger partial charge on any atom is 0.177 e. The Morgan fingerprint density at radius 2 is 2.18 bits per heavy atom. The minimum Gasteiger partial charge on any atom is -0.379 e. The molecule has 2 atom stereocenters. The summed E-state index contributed by atoms with van der Waals surface area (Å²) in [6.45, 7) is 3.89. The fourth-order valence-electron chi connectivity index (χ4n) is 1.66. The highest BCUT2D eigenvalue weighted by molar-refractivity contribution is 5.49. The van der Waals surface area contributed by atoms with E-state index in [0.29, 0.717) is 19.8 Å². The summed E-state index contributed by atoms with van der Waals surface area (Å²) in [6.07, 6.45) is 3.75. The molecule has 1 heterocycles. The summed E-state index contributed by atoms with van der Waals surface area (Å²) in [7, 11) is 0. The maximum atomic E-state index is 5.65. The zero-order valence-corrected chi connectivity index (χ0v) is 10.0. The van der Waals surface area contributed by atoms with E-state index in [0.717, 1.165) is 5.56 Å². The molecule has 1 aromatic carbocycles. The number of ether oxygens (including phenoxy) is 3. The van der Waals surface area contributed by atoms with Gasteiger partial charge in [-0.25, -0.2) is 0 Å². The molecular formula is C14H18O3. The van der Waals surface area contributed by atoms with Gasteiger partial charge >= 0.3 is 0 Å². The first-order valence-electron chi connectivity index (χ1n) is 5.96. The van der Waals surface area contributed by atoms with Crippen molar-refractivity contribution in [1.82, 2.24) is 0 Å². The molecule has 0 aliphatic carbocycles. The van der Waals surface area contributed by atoms with Crippen LogP contribution in [0, 0.1) is 0 Å². The van der Waals surface area contributed by atoms with Gasteiger partial charge in [0, 0.05) is 6.61 Å². The van der Waals surface area contributed by atoms with E-state index in [9.17, 15) is 0 Å². The number of rotatable bonds is 5. The normalized spacial score (nSPS) is 24.5. The molecule has 3 heteroatoms. The Hall–Kier alpha value is -1.16. The summed E-state index contributed by atoms with van der Waals surface area (Å²) in [5, 5.41) is 0. The van der Waals surface area contributed by atoms with Gasteiger partial charge in [-0.2, -0.15) is 0 Å². The fourth-order valence-corrected chi connectivity index (χ4v) is 1.66. The molecule has 0 radical (unpaired) electrons. The largest absolute Gasteiger partial charge is 0.379 e. The Morgan fingerprint density at radius 1 is 1.35 bits per heavy atom. The molecule has 1 aromatic rings. The highest BCUT2D eigenvalue weighted by atomic mass is 16.7. The van der Waals surface area contributed by atoms with Crippen molar-refractivity contribution in [2.75, 3.05) is 19.8 Å². The first-order chi connectivity index (χ1) is 8.38. The molecule has 0 N–H and O–H groups in total. The van der Waals surface area contributed by atoms with Gasteiger partial charge in [0.15, 0.2) is 6.29 Å². The highest BCUT2D eigenvalue weighted by Gasteiger charge is 2.23. The van der Waals surface area contributed by atoms with Gasteiger partial charge in [0.1, 0.15) is 6.10 Å². The molecule has 0 spiro atoms. The predicted molar refractivity (Wildman–Crippen MR) is 66.6 cm³/mol. The molecule has 3 nitrogen and oxygen atoms in total. The van der Waals surface area contributed by atoms with Crippen molar-refractivity contribution in [3.05, 3.63) is 42.0 Å². The van der Waals surface area contributed by atoms with Crippen LogP contribution < -0.4 is 0 Å². The molecule has 92 valence electrons. The van der Waals surface area contributed by atoms with Gasteiger partial charge in [-0.15, -0.1) is 0 Å². The summed E-state index contributed by atoms with van der Waals surface area (Å²) >= 11 is 0. The lowest BCUT2D eigenvalue weighted by Crippen LogP contribution is -2.18. The second-order valence-corrected chi connectivity index (χ2v) is 3.89. The van der Waals surface area contributed by atoms with Crippen LogP contribution in [0.2, 0.25) is 0 Å². The average molecular weight is 234 g/mol. The van der Waals surface area contributed by atoms with Crippen LogP contribution in [0.5, 0.6) is 0 Å². The van der Waals surface area contributed by atoms with Crippen LogP contribution >= 0.6 is 0 Å². The van der Waals surface area contributed by atoms with Gasteiger partial charge in [-0.1, -0.05) is 36.4 Å². The summed E-state index contributed by atoms with van der Waals surface area (Å²) in [5.41, 5.74) is 1.15. The van der Waals surface area contributed by atoms with E-state index in [1.807, 2.05) is 49.4 Å². The smallest absolute Gasteiger partial charge is 0.177 e. The van der Waals surface area contributed by atoms with Crippen molar-refractivity contribution < 1.29 is 14.2 Å². The third-order valence-corrected chi connectivity index (χ3v) is 2.53. The first-order valence-corrected chi connectivity index (χ1v) is 5.96. The van der Waals surface area contributed by atoms with Crippen LogP contribution in [0.1, 0.15) is 12.5 Å². The van der Waals surface area contributed by atoms with Crippen molar-refractivity contribution in [2.24, 2.45) is 0 Å². The van der Waals surface area contributed by atoms with Gasteiger partial charge < -0.3 is 14.2 Å². The number of hydrogen-bond donors (Lipinski definition) is 0. The average Bonchev–Trinajstić information content (AvgIpc) is 2.83. The first kappa shape index (κ1) is 12.3. The standard InChI is InChI=1S/C14H18O3/c1-2-15-10-13-11-16-14(17-13)9-8-12-6-4-3-5-7-12/h3-9,13-14H,2,10-11H2,1H3/b9-8-/t13-,14+/m1/s1. The summed E-state index contributed by atoms with van der Waals surface area (Å²) in [4.78, 5) is 0. The van der Waals surface area contributed by atoms with E-state index >= 15 is 0 Å². The molecular weight excluding hydrogens is 216 g/mol. The Morgan fingerprint density at radius 3 is 2.94 bits per heavy atom. The molecule has 0 aromatic heterocycles. The van der Waals surface area contributed by atoms with E-state index in [1.54, 1.807) is 0 Å². The number of hydrogen-bond acceptors (Lipinski definition) is 3. The molecule has 1 aliphatic rings. The van der Waals surface area contributed by atoms with Gasteiger partial charge in [0.05, 0.1) is 13.2 Å². The second-order valence-electron chi connectivity index (χ2n) is 3.89. The molecule has 0 bridgehead atoms. The van der Waals surface area contributed by atoms with E-state index in [1.165, 1.54) is 0 Å². The van der Waals surface area contributed by atoms with Crippen LogP contribution in [0.15, 0.2) is 36.4 Å². The maximum absolute atomic E-state index is 5.65. The highest BCUT2D eigenvalue weighted by Crippen LogP contribution is 2.14. The lowest BCUT2D eigenvalue weighted by Gasteiger charge is -2.08. The Kier molecular flexibility index (Phi) is 4.74. The van der Waals surface area contributed by atoms with Crippen molar-refractivity contribution in [1.29, 1.82) is 0 Å². The molecule has 1 aliphatic heterocycles. The van der Waals surface area contributed by atoms with E-state index in [2.05, 4.69) is 0 Å². The van der Waals surface area contributed by atoms with Crippen LogP contribution in [0.25, 0.3) is 6.08 Å². The fraction of sp³-hybridized carbons (Fsp3) is 0.429. The minimum absolute atomic E-state index is 0.0559. The van der Waals surface area contributed by atoms with Crippen molar-refractivity contribution in [3.8, 4) is 0 Å². The zero-order valence-electron chi connectivity index (χ0n) is 10.0. The van der Waals surface area contributed by atoms with Gasteiger partial charge in [0.25, 0.3) is 0 Å². The quantitative estimate of drug-likeness (QED) is 0.783. The number of benzene rings is 1. The summed E-state index contributed by atoms with van der Waals surface area (Å²) in [6, 6.07) is 10.1. The lowest BCUT2D eigenvalue weighted by atomic mass is 10.2. The third-order valence-electron chi connectivity index (χ3n) is 2.53. The minimum atomic E-state index is -0.249. The monoisotopic (exact) mass is 234 g/mol. The third kappa shape index (κ3) is 3.97. The molecule has 17 heavy (non-hydrogen) atoms. The van der Waals surface area contributed by atoms with E-state index in [-0.39, 0.29) is 12.4 Å². The van der Waals surface area contributed by atoms with Gasteiger partial charge in [0.2, 0.25) is 0 Å². The molecule has 1 fully saturated rings. The predicted octanol–water partition coefficient (Wildman–Crippen LogP) is 2.48. The van der Waals surface area contributed by atoms with Crippen LogP contribution in [0.3, 0.4) is 0 Å². The van der Waals surface area contributed by atoms with E-state index in [4.69, 9.17) is 14.2 Å². The van der Waals surface area contributed by atoms with Crippen LogP contribution in [0.4, 0.5) is 0 Å². The molecule has 1 saturated heterocycles. The SMILES string of the molecule is CCOC[C@@H]1CO[C@H](/C=C\c2ccccc2)O1. The summed E-state index contributed by atoms with van der Waals surface area (Å²) in [5.74, 6) is 0. The molecule has 0 amide bonds. The van der Waals surface area contributed by atoms with Crippen LogP contribution in [-0.4, -0.2) is 32.2 Å². The Bertz CT molecular complexity index is 348. The van der Waals surface area contributed by atoms with Gasteiger partial charge in [-0.3, -0.25) is 0 Å².